The van der Waals surface area contributed by atoms with E-state index in [1.165, 1.54) is 56.1 Å². The highest BCUT2D eigenvalue weighted by Gasteiger charge is 2.17. The van der Waals surface area contributed by atoms with Gasteiger partial charge < -0.3 is 14.8 Å². The van der Waals surface area contributed by atoms with Crippen molar-refractivity contribution in [2.45, 2.75) is 71.1 Å². The number of hydrogen-bond acceptors (Lipinski definition) is 3. The van der Waals surface area contributed by atoms with Crippen LogP contribution in [0.3, 0.4) is 0 Å². The summed E-state index contributed by atoms with van der Waals surface area (Å²) in [5.74, 6) is 1.61. The molecule has 1 saturated carbocycles. The van der Waals surface area contributed by atoms with Crippen LogP contribution in [0.15, 0.2) is 40.9 Å². The largest absolute Gasteiger partial charge is 0.493 e. The van der Waals surface area contributed by atoms with Crippen LogP contribution in [-0.4, -0.2) is 13.2 Å². The smallest absolute Gasteiger partial charge is 0.167 e. The molecule has 3 nitrogen and oxygen atoms in total. The van der Waals surface area contributed by atoms with Crippen LogP contribution < -0.4 is 14.8 Å². The second kappa shape index (κ2) is 10.9. The van der Waals surface area contributed by atoms with Crippen LogP contribution in [0, 0.1) is 6.92 Å². The molecular weight excluding hydrogens is 414 g/mol. The highest BCUT2D eigenvalue weighted by molar-refractivity contribution is 9.10. The van der Waals surface area contributed by atoms with Crippen molar-refractivity contribution in [2.75, 3.05) is 7.11 Å². The van der Waals surface area contributed by atoms with Gasteiger partial charge in [0.1, 0.15) is 6.61 Å². The van der Waals surface area contributed by atoms with Crippen molar-refractivity contribution < 1.29 is 9.47 Å². The van der Waals surface area contributed by atoms with Crippen molar-refractivity contribution in [3.63, 3.8) is 0 Å². The van der Waals surface area contributed by atoms with Crippen molar-refractivity contribution in [3.05, 3.63) is 57.6 Å². The lowest BCUT2D eigenvalue weighted by atomic mass is 9.96. The average Bonchev–Trinajstić information content (AvgIpc) is 2.66. The summed E-state index contributed by atoms with van der Waals surface area (Å²) in [4.78, 5) is 0. The van der Waals surface area contributed by atoms with Crippen LogP contribution >= 0.6 is 15.9 Å². The van der Waals surface area contributed by atoms with E-state index in [0.29, 0.717) is 12.6 Å². The molecule has 0 bridgehead atoms. The fourth-order valence-corrected chi connectivity index (χ4v) is 4.38. The van der Waals surface area contributed by atoms with E-state index >= 15 is 0 Å². The maximum Gasteiger partial charge on any atom is 0.167 e. The van der Waals surface area contributed by atoms with E-state index in [1.807, 2.05) is 12.1 Å². The fraction of sp³-hybridized carbons (Fsp3) is 0.500. The van der Waals surface area contributed by atoms with Crippen LogP contribution in [0.2, 0.25) is 0 Å². The number of aryl methyl sites for hydroxylation is 1. The van der Waals surface area contributed by atoms with Crippen molar-refractivity contribution >= 4 is 15.9 Å². The summed E-state index contributed by atoms with van der Waals surface area (Å²) in [6, 6.07) is 13.0. The van der Waals surface area contributed by atoms with Gasteiger partial charge in [0, 0.05) is 22.6 Å². The van der Waals surface area contributed by atoms with E-state index in [2.05, 4.69) is 52.4 Å². The molecular formula is C24H32BrNO2. The lowest BCUT2D eigenvalue weighted by Gasteiger charge is -2.23. The highest BCUT2D eigenvalue weighted by atomic mass is 79.9. The Balaban J connectivity index is 1.73. The third kappa shape index (κ3) is 5.99. The van der Waals surface area contributed by atoms with E-state index < -0.39 is 0 Å². The zero-order chi connectivity index (χ0) is 19.8. The first-order valence-electron chi connectivity index (χ1n) is 10.4. The van der Waals surface area contributed by atoms with Crippen LogP contribution in [-0.2, 0) is 13.2 Å². The molecule has 1 aliphatic rings. The van der Waals surface area contributed by atoms with Gasteiger partial charge in [-0.25, -0.2) is 0 Å². The summed E-state index contributed by atoms with van der Waals surface area (Å²) >= 11 is 3.73. The minimum absolute atomic E-state index is 0.533. The van der Waals surface area contributed by atoms with Gasteiger partial charge in [0.05, 0.1) is 7.11 Å². The number of nitrogens with one attached hydrogen (secondary N) is 1. The average molecular weight is 446 g/mol. The Hall–Kier alpha value is -1.52. The Morgan fingerprint density at radius 2 is 1.79 bits per heavy atom. The Morgan fingerprint density at radius 1 is 1.04 bits per heavy atom. The predicted molar refractivity (Wildman–Crippen MR) is 119 cm³/mol. The normalized spacial score (nSPS) is 15.7. The molecule has 2 aromatic carbocycles. The molecule has 0 atom stereocenters. The molecule has 0 amide bonds. The number of halogens is 1. The van der Waals surface area contributed by atoms with E-state index in [0.717, 1.165) is 28.1 Å². The van der Waals surface area contributed by atoms with Crippen LogP contribution in [0.25, 0.3) is 0 Å². The Labute approximate surface area is 178 Å². The Bertz CT molecular complexity index is 754. The second-order valence-electron chi connectivity index (χ2n) is 7.76. The number of hydrogen-bond donors (Lipinski definition) is 1. The van der Waals surface area contributed by atoms with Crippen LogP contribution in [0.5, 0.6) is 11.5 Å². The molecule has 28 heavy (non-hydrogen) atoms. The van der Waals surface area contributed by atoms with Gasteiger partial charge in [-0.1, -0.05) is 77.9 Å². The van der Waals surface area contributed by atoms with Gasteiger partial charge in [-0.3, -0.25) is 0 Å². The monoisotopic (exact) mass is 445 g/mol. The molecule has 4 heteroatoms. The number of benzene rings is 2. The second-order valence-corrected chi connectivity index (χ2v) is 8.61. The molecule has 0 unspecified atom stereocenters. The molecule has 2 aromatic rings. The zero-order valence-corrected chi connectivity index (χ0v) is 18.7. The first-order valence-corrected chi connectivity index (χ1v) is 11.2. The number of ether oxygens (including phenoxy) is 2. The molecule has 0 aliphatic heterocycles. The molecule has 152 valence electrons. The van der Waals surface area contributed by atoms with Crippen molar-refractivity contribution in [2.24, 2.45) is 0 Å². The summed E-state index contributed by atoms with van der Waals surface area (Å²) in [5, 5.41) is 3.78. The van der Waals surface area contributed by atoms with E-state index in [9.17, 15) is 0 Å². The van der Waals surface area contributed by atoms with Crippen molar-refractivity contribution in [3.8, 4) is 11.5 Å². The zero-order valence-electron chi connectivity index (χ0n) is 17.1. The lowest BCUT2D eigenvalue weighted by Crippen LogP contribution is -2.29. The molecule has 1 aliphatic carbocycles. The molecule has 0 heterocycles. The van der Waals surface area contributed by atoms with E-state index in [-0.39, 0.29) is 0 Å². The summed E-state index contributed by atoms with van der Waals surface area (Å²) in [7, 11) is 1.70. The minimum atomic E-state index is 0.533. The van der Waals surface area contributed by atoms with Crippen LogP contribution in [0.1, 0.15) is 61.6 Å². The highest BCUT2D eigenvalue weighted by Crippen LogP contribution is 2.37. The Kier molecular flexibility index (Phi) is 8.23. The minimum Gasteiger partial charge on any atom is -0.493 e. The van der Waals surface area contributed by atoms with Crippen LogP contribution in [0.4, 0.5) is 0 Å². The molecule has 1 fully saturated rings. The lowest BCUT2D eigenvalue weighted by molar-refractivity contribution is 0.279. The van der Waals surface area contributed by atoms with Gasteiger partial charge in [0.25, 0.3) is 0 Å². The van der Waals surface area contributed by atoms with Gasteiger partial charge in [-0.2, -0.15) is 0 Å². The summed E-state index contributed by atoms with van der Waals surface area (Å²) in [6.45, 7) is 3.42. The van der Waals surface area contributed by atoms with E-state index in [4.69, 9.17) is 9.47 Å². The molecule has 3 rings (SSSR count). The maximum atomic E-state index is 6.27. The predicted octanol–water partition coefficient (Wildman–Crippen LogP) is 6.55. The summed E-state index contributed by atoms with van der Waals surface area (Å²) < 4.78 is 12.9. The third-order valence-corrected chi connectivity index (χ3v) is 6.27. The first kappa shape index (κ1) is 21.2. The van der Waals surface area contributed by atoms with Gasteiger partial charge in [-0.15, -0.1) is 0 Å². The van der Waals surface area contributed by atoms with Gasteiger partial charge >= 0.3 is 0 Å². The van der Waals surface area contributed by atoms with Crippen molar-refractivity contribution in [1.82, 2.24) is 5.32 Å². The van der Waals surface area contributed by atoms with E-state index in [1.54, 1.807) is 7.11 Å². The number of methoxy groups -OCH3 is 1. The SMILES string of the molecule is COc1ccc(Br)c(CNC2CCCCCCC2)c1OCc1cccc(C)c1. The van der Waals surface area contributed by atoms with Gasteiger partial charge in [0.15, 0.2) is 11.5 Å². The molecule has 0 aromatic heterocycles. The standard InChI is InChI=1S/C24H32BrNO2/c1-18-9-8-10-19(15-18)17-28-24-21(22(25)13-14-23(24)27-2)16-26-20-11-6-4-3-5-7-12-20/h8-10,13-15,20,26H,3-7,11-12,16-17H2,1-2H3. The quantitative estimate of drug-likeness (QED) is 0.523. The molecule has 0 spiro atoms. The van der Waals surface area contributed by atoms with Crippen molar-refractivity contribution in [1.29, 1.82) is 0 Å². The van der Waals surface area contributed by atoms with Gasteiger partial charge in [0.2, 0.25) is 0 Å². The third-order valence-electron chi connectivity index (χ3n) is 5.53. The molecule has 0 radical (unpaired) electrons. The topological polar surface area (TPSA) is 30.5 Å². The maximum absolute atomic E-state index is 6.27. The molecule has 0 saturated heterocycles. The molecule has 1 N–H and O–H groups in total. The summed E-state index contributed by atoms with van der Waals surface area (Å²) in [6.07, 6.45) is 9.31. The van der Waals surface area contributed by atoms with Gasteiger partial charge in [-0.05, 0) is 37.5 Å². The Morgan fingerprint density at radius 3 is 2.50 bits per heavy atom. The first-order chi connectivity index (χ1) is 13.7. The fourth-order valence-electron chi connectivity index (χ4n) is 3.93. The summed E-state index contributed by atoms with van der Waals surface area (Å²) in [5.41, 5.74) is 3.54. The number of rotatable bonds is 7.